The van der Waals surface area contributed by atoms with E-state index in [4.69, 9.17) is 0 Å². The molecule has 0 amide bonds. The minimum Gasteiger partial charge on any atom is -0.329 e. The normalized spacial score (nSPS) is 10.8. The minimum absolute atomic E-state index is 0.798. The molecule has 96 valence electrons. The number of hydrogen-bond acceptors (Lipinski definition) is 3. The maximum Gasteiger partial charge on any atom is 0.108 e. The van der Waals surface area contributed by atoms with Crippen LogP contribution in [-0.2, 0) is 19.5 Å². The molecule has 2 aromatic rings. The highest BCUT2D eigenvalue weighted by Crippen LogP contribution is 2.06. The lowest BCUT2D eigenvalue weighted by Gasteiger charge is -2.08. The number of hydrogen-bond donors (Lipinski definition) is 1. The summed E-state index contributed by atoms with van der Waals surface area (Å²) in [5.74, 6) is 1.14. The summed E-state index contributed by atoms with van der Waals surface area (Å²) >= 11 is 0. The Morgan fingerprint density at radius 3 is 2.89 bits per heavy atom. The van der Waals surface area contributed by atoms with E-state index in [0.717, 1.165) is 43.1 Å². The molecule has 1 N–H and O–H groups in total. The van der Waals surface area contributed by atoms with Crippen LogP contribution in [0.4, 0.5) is 0 Å². The molecule has 4 heteroatoms. The average molecular weight is 244 g/mol. The Labute approximate surface area is 108 Å². The van der Waals surface area contributed by atoms with Crippen molar-refractivity contribution in [1.82, 2.24) is 19.9 Å². The summed E-state index contributed by atoms with van der Waals surface area (Å²) in [7, 11) is 1.93. The van der Waals surface area contributed by atoms with Crippen LogP contribution in [0.3, 0.4) is 0 Å². The van der Waals surface area contributed by atoms with E-state index in [1.807, 2.05) is 25.5 Å². The van der Waals surface area contributed by atoms with E-state index in [0.29, 0.717) is 0 Å². The Bertz CT molecular complexity index is 490. The highest BCUT2D eigenvalue weighted by atomic mass is 15.1. The molecule has 0 aliphatic rings. The smallest absolute Gasteiger partial charge is 0.108 e. The van der Waals surface area contributed by atoms with E-state index < -0.39 is 0 Å². The molecule has 0 unspecified atom stereocenters. The Balaban J connectivity index is 2.12. The average Bonchev–Trinajstić information content (AvgIpc) is 2.78. The first-order valence-corrected chi connectivity index (χ1v) is 6.43. The second-order valence-corrected chi connectivity index (χ2v) is 4.37. The molecule has 0 radical (unpaired) electrons. The van der Waals surface area contributed by atoms with Gasteiger partial charge in [-0.3, -0.25) is 4.98 Å². The molecular weight excluding hydrogens is 224 g/mol. The van der Waals surface area contributed by atoms with Crippen LogP contribution < -0.4 is 5.32 Å². The Kier molecular flexibility index (Phi) is 4.47. The van der Waals surface area contributed by atoms with E-state index in [-0.39, 0.29) is 0 Å². The van der Waals surface area contributed by atoms with Gasteiger partial charge in [-0.25, -0.2) is 4.98 Å². The molecule has 0 aliphatic heterocycles. The maximum atomic E-state index is 4.63. The van der Waals surface area contributed by atoms with Crippen LogP contribution in [0, 0.1) is 0 Å². The fourth-order valence-electron chi connectivity index (χ4n) is 2.01. The second-order valence-electron chi connectivity index (χ2n) is 4.37. The molecule has 0 saturated heterocycles. The number of nitrogens with zero attached hydrogens (tertiary/aromatic N) is 3. The molecule has 0 aliphatic carbocycles. The summed E-state index contributed by atoms with van der Waals surface area (Å²) in [5.41, 5.74) is 2.16. The molecular formula is C14H20N4. The monoisotopic (exact) mass is 244 g/mol. The summed E-state index contributed by atoms with van der Waals surface area (Å²) in [6.07, 6.45) is 6.02. The van der Waals surface area contributed by atoms with Gasteiger partial charge in [-0.15, -0.1) is 0 Å². The van der Waals surface area contributed by atoms with Gasteiger partial charge >= 0.3 is 0 Å². The summed E-state index contributed by atoms with van der Waals surface area (Å²) in [6.45, 7) is 3.78. The number of aryl methyl sites for hydroxylation is 1. The van der Waals surface area contributed by atoms with Crippen molar-refractivity contribution < 1.29 is 0 Å². The first-order chi connectivity index (χ1) is 8.83. The highest BCUT2D eigenvalue weighted by molar-refractivity contribution is 5.12. The third-order valence-corrected chi connectivity index (χ3v) is 2.83. The van der Waals surface area contributed by atoms with E-state index in [2.05, 4.69) is 38.9 Å². The van der Waals surface area contributed by atoms with E-state index in [1.54, 1.807) is 0 Å². The lowest BCUT2D eigenvalue weighted by atomic mass is 10.3. The van der Waals surface area contributed by atoms with Crippen molar-refractivity contribution in [3.63, 3.8) is 0 Å². The van der Waals surface area contributed by atoms with Gasteiger partial charge < -0.3 is 9.88 Å². The second kappa shape index (κ2) is 6.31. The molecule has 0 atom stereocenters. The number of aromatic nitrogens is 3. The Morgan fingerprint density at radius 1 is 1.28 bits per heavy atom. The van der Waals surface area contributed by atoms with E-state index in [1.165, 1.54) is 0 Å². The molecule has 2 aromatic heterocycles. The van der Waals surface area contributed by atoms with Crippen molar-refractivity contribution in [1.29, 1.82) is 0 Å². The first-order valence-electron chi connectivity index (χ1n) is 6.43. The number of nitrogens with one attached hydrogen (secondary N) is 1. The first kappa shape index (κ1) is 12.8. The molecule has 0 fully saturated rings. The molecule has 0 spiro atoms. The highest BCUT2D eigenvalue weighted by Gasteiger charge is 2.04. The van der Waals surface area contributed by atoms with Crippen molar-refractivity contribution in [2.75, 3.05) is 7.05 Å². The summed E-state index contributed by atoms with van der Waals surface area (Å²) < 4.78 is 2.18. The van der Waals surface area contributed by atoms with Crippen molar-refractivity contribution in [3.05, 3.63) is 47.8 Å². The van der Waals surface area contributed by atoms with Crippen LogP contribution in [0.5, 0.6) is 0 Å². The van der Waals surface area contributed by atoms with E-state index in [9.17, 15) is 0 Å². The molecule has 0 saturated carbocycles. The molecule has 18 heavy (non-hydrogen) atoms. The lowest BCUT2D eigenvalue weighted by molar-refractivity contribution is 0.686. The van der Waals surface area contributed by atoms with Gasteiger partial charge in [0.2, 0.25) is 0 Å². The number of rotatable bonds is 6. The quantitative estimate of drug-likeness (QED) is 0.845. The van der Waals surface area contributed by atoms with Crippen LogP contribution in [0.25, 0.3) is 0 Å². The molecule has 2 rings (SSSR count). The van der Waals surface area contributed by atoms with Crippen molar-refractivity contribution in [2.45, 2.75) is 32.9 Å². The van der Waals surface area contributed by atoms with Crippen LogP contribution in [-0.4, -0.2) is 21.6 Å². The van der Waals surface area contributed by atoms with Gasteiger partial charge in [-0.1, -0.05) is 13.0 Å². The predicted octanol–water partition coefficient (Wildman–Crippen LogP) is 2.00. The lowest BCUT2D eigenvalue weighted by Crippen LogP contribution is -2.10. The molecule has 0 bridgehead atoms. The molecule has 0 aromatic carbocycles. The summed E-state index contributed by atoms with van der Waals surface area (Å²) in [4.78, 5) is 9.01. The third-order valence-electron chi connectivity index (χ3n) is 2.83. The summed E-state index contributed by atoms with van der Waals surface area (Å²) in [6, 6.07) is 6.17. The van der Waals surface area contributed by atoms with Crippen LogP contribution >= 0.6 is 0 Å². The van der Waals surface area contributed by atoms with Crippen molar-refractivity contribution in [2.24, 2.45) is 0 Å². The van der Waals surface area contributed by atoms with Gasteiger partial charge in [0.15, 0.2) is 0 Å². The maximum absolute atomic E-state index is 4.63. The van der Waals surface area contributed by atoms with Gasteiger partial charge in [0.05, 0.1) is 17.9 Å². The van der Waals surface area contributed by atoms with Gasteiger partial charge in [0, 0.05) is 25.4 Å². The zero-order valence-electron chi connectivity index (χ0n) is 11.1. The zero-order valence-corrected chi connectivity index (χ0v) is 11.1. The largest absolute Gasteiger partial charge is 0.329 e. The van der Waals surface area contributed by atoms with Gasteiger partial charge in [-0.2, -0.15) is 0 Å². The SMILES string of the molecule is CCCc1nccn1Cc1cccc(CNC)n1. The predicted molar refractivity (Wildman–Crippen MR) is 72.3 cm³/mol. The Morgan fingerprint density at radius 2 is 2.11 bits per heavy atom. The topological polar surface area (TPSA) is 42.7 Å². The van der Waals surface area contributed by atoms with Crippen molar-refractivity contribution in [3.8, 4) is 0 Å². The van der Waals surface area contributed by atoms with E-state index >= 15 is 0 Å². The van der Waals surface area contributed by atoms with Gasteiger partial charge in [0.1, 0.15) is 5.82 Å². The van der Waals surface area contributed by atoms with Gasteiger partial charge in [0.25, 0.3) is 0 Å². The number of pyridine rings is 1. The zero-order chi connectivity index (χ0) is 12.8. The fraction of sp³-hybridized carbons (Fsp3) is 0.429. The minimum atomic E-state index is 0.798. The van der Waals surface area contributed by atoms with Crippen LogP contribution in [0.15, 0.2) is 30.6 Å². The Hall–Kier alpha value is -1.68. The third kappa shape index (κ3) is 3.17. The fourth-order valence-corrected chi connectivity index (χ4v) is 2.01. The number of imidazole rings is 1. The van der Waals surface area contributed by atoms with Gasteiger partial charge in [-0.05, 0) is 25.6 Å². The molecule has 4 nitrogen and oxygen atoms in total. The van der Waals surface area contributed by atoms with Crippen LogP contribution in [0.2, 0.25) is 0 Å². The summed E-state index contributed by atoms with van der Waals surface area (Å²) in [5, 5.41) is 3.12. The molecule has 2 heterocycles. The van der Waals surface area contributed by atoms with Crippen LogP contribution in [0.1, 0.15) is 30.6 Å². The van der Waals surface area contributed by atoms with Crippen molar-refractivity contribution >= 4 is 0 Å². The standard InChI is InChI=1S/C14H20N4/c1-3-5-14-16-8-9-18(14)11-13-7-4-6-12(17-13)10-15-2/h4,6-9,15H,3,5,10-11H2,1-2H3.